The first kappa shape index (κ1) is 13.3. The SMILES string of the molecule is CNc1cc(CC(C)C)nc(C2CCCCC2)n1. The third kappa shape index (κ3) is 3.44. The van der Waals surface area contributed by atoms with E-state index in [1.54, 1.807) is 0 Å². The highest BCUT2D eigenvalue weighted by atomic mass is 15.0. The van der Waals surface area contributed by atoms with Crippen LogP contribution in [0, 0.1) is 5.92 Å². The number of hydrogen-bond donors (Lipinski definition) is 1. The van der Waals surface area contributed by atoms with Crippen molar-refractivity contribution >= 4 is 5.82 Å². The fourth-order valence-electron chi connectivity index (χ4n) is 2.71. The van der Waals surface area contributed by atoms with E-state index in [0.29, 0.717) is 11.8 Å². The Kier molecular flexibility index (Phi) is 4.56. The Morgan fingerprint density at radius 2 is 1.94 bits per heavy atom. The molecule has 1 aliphatic carbocycles. The molecule has 1 aliphatic rings. The topological polar surface area (TPSA) is 37.8 Å². The Labute approximate surface area is 110 Å². The fourth-order valence-corrected chi connectivity index (χ4v) is 2.71. The second kappa shape index (κ2) is 6.17. The highest BCUT2D eigenvalue weighted by Gasteiger charge is 2.19. The first-order chi connectivity index (χ1) is 8.69. The molecule has 18 heavy (non-hydrogen) atoms. The molecule has 100 valence electrons. The van der Waals surface area contributed by atoms with Crippen LogP contribution in [0.5, 0.6) is 0 Å². The predicted molar refractivity (Wildman–Crippen MR) is 75.9 cm³/mol. The van der Waals surface area contributed by atoms with Crippen molar-refractivity contribution in [2.75, 3.05) is 12.4 Å². The van der Waals surface area contributed by atoms with Gasteiger partial charge in [0.05, 0.1) is 0 Å². The molecule has 1 N–H and O–H groups in total. The zero-order valence-electron chi connectivity index (χ0n) is 11.9. The number of rotatable bonds is 4. The van der Waals surface area contributed by atoms with Crippen LogP contribution in [0.3, 0.4) is 0 Å². The van der Waals surface area contributed by atoms with E-state index in [1.165, 1.54) is 37.8 Å². The summed E-state index contributed by atoms with van der Waals surface area (Å²) in [6, 6.07) is 2.09. The average Bonchev–Trinajstić information content (AvgIpc) is 2.38. The van der Waals surface area contributed by atoms with Gasteiger partial charge >= 0.3 is 0 Å². The average molecular weight is 247 g/mol. The van der Waals surface area contributed by atoms with E-state index in [0.717, 1.165) is 18.1 Å². The van der Waals surface area contributed by atoms with Crippen molar-refractivity contribution in [2.24, 2.45) is 5.92 Å². The van der Waals surface area contributed by atoms with Crippen molar-refractivity contribution in [3.05, 3.63) is 17.6 Å². The zero-order chi connectivity index (χ0) is 13.0. The molecule has 0 saturated heterocycles. The largest absolute Gasteiger partial charge is 0.373 e. The summed E-state index contributed by atoms with van der Waals surface area (Å²) in [4.78, 5) is 9.45. The second-order valence-electron chi connectivity index (χ2n) is 5.79. The number of nitrogens with zero attached hydrogens (tertiary/aromatic N) is 2. The molecule has 0 aromatic carbocycles. The first-order valence-electron chi connectivity index (χ1n) is 7.24. The van der Waals surface area contributed by atoms with Crippen LogP contribution in [-0.2, 0) is 6.42 Å². The highest BCUT2D eigenvalue weighted by molar-refractivity contribution is 5.35. The zero-order valence-corrected chi connectivity index (χ0v) is 11.9. The lowest BCUT2D eigenvalue weighted by Gasteiger charge is -2.21. The van der Waals surface area contributed by atoms with Gasteiger partial charge in [-0.3, -0.25) is 0 Å². The van der Waals surface area contributed by atoms with Gasteiger partial charge in [0.25, 0.3) is 0 Å². The molecule has 0 unspecified atom stereocenters. The summed E-state index contributed by atoms with van der Waals surface area (Å²) in [6.07, 6.45) is 7.59. The van der Waals surface area contributed by atoms with Gasteiger partial charge in [0.2, 0.25) is 0 Å². The summed E-state index contributed by atoms with van der Waals surface area (Å²) in [5.41, 5.74) is 1.19. The normalized spacial score (nSPS) is 17.1. The van der Waals surface area contributed by atoms with E-state index in [-0.39, 0.29) is 0 Å². The molecule has 0 bridgehead atoms. The van der Waals surface area contributed by atoms with E-state index in [9.17, 15) is 0 Å². The third-order valence-corrected chi connectivity index (χ3v) is 3.64. The van der Waals surface area contributed by atoms with Crippen molar-refractivity contribution in [1.29, 1.82) is 0 Å². The minimum Gasteiger partial charge on any atom is -0.373 e. The Balaban J connectivity index is 2.22. The lowest BCUT2D eigenvalue weighted by molar-refractivity contribution is 0.427. The minimum atomic E-state index is 0.581. The predicted octanol–water partition coefficient (Wildman–Crippen LogP) is 3.76. The molecule has 0 spiro atoms. The number of hydrogen-bond acceptors (Lipinski definition) is 3. The third-order valence-electron chi connectivity index (χ3n) is 3.64. The van der Waals surface area contributed by atoms with Gasteiger partial charge in [-0.15, -0.1) is 0 Å². The van der Waals surface area contributed by atoms with Gasteiger partial charge in [-0.05, 0) is 25.2 Å². The smallest absolute Gasteiger partial charge is 0.134 e. The molecule has 1 heterocycles. The van der Waals surface area contributed by atoms with Gasteiger partial charge in [-0.1, -0.05) is 33.1 Å². The Bertz CT molecular complexity index is 381. The molecule has 0 aliphatic heterocycles. The molecule has 3 heteroatoms. The van der Waals surface area contributed by atoms with Crippen molar-refractivity contribution < 1.29 is 0 Å². The maximum absolute atomic E-state index is 4.79. The molecule has 1 aromatic heterocycles. The fraction of sp³-hybridized carbons (Fsp3) is 0.733. The molecule has 1 aromatic rings. The van der Waals surface area contributed by atoms with E-state index in [2.05, 4.69) is 30.2 Å². The lowest BCUT2D eigenvalue weighted by atomic mass is 9.88. The standard InChI is InChI=1S/C15H25N3/c1-11(2)9-13-10-14(16-3)18-15(17-13)12-7-5-4-6-8-12/h10-12H,4-9H2,1-3H3,(H,16,17,18). The quantitative estimate of drug-likeness (QED) is 0.880. The van der Waals surface area contributed by atoms with Gasteiger partial charge in [-0.25, -0.2) is 9.97 Å². The van der Waals surface area contributed by atoms with E-state index in [4.69, 9.17) is 4.98 Å². The summed E-state index contributed by atoms with van der Waals surface area (Å²) in [5.74, 6) is 3.26. The Morgan fingerprint density at radius 1 is 1.22 bits per heavy atom. The van der Waals surface area contributed by atoms with Crippen LogP contribution in [-0.4, -0.2) is 17.0 Å². The van der Waals surface area contributed by atoms with Gasteiger partial charge in [0.15, 0.2) is 0 Å². The lowest BCUT2D eigenvalue weighted by Crippen LogP contribution is -2.12. The summed E-state index contributed by atoms with van der Waals surface area (Å²) >= 11 is 0. The van der Waals surface area contributed by atoms with Crippen molar-refractivity contribution in [3.8, 4) is 0 Å². The van der Waals surface area contributed by atoms with Gasteiger partial charge in [-0.2, -0.15) is 0 Å². The molecule has 0 radical (unpaired) electrons. The van der Waals surface area contributed by atoms with Crippen LogP contribution in [0.2, 0.25) is 0 Å². The van der Waals surface area contributed by atoms with Crippen LogP contribution in [0.15, 0.2) is 6.07 Å². The van der Waals surface area contributed by atoms with Crippen LogP contribution < -0.4 is 5.32 Å². The molecule has 3 nitrogen and oxygen atoms in total. The molecule has 0 atom stereocenters. The van der Waals surface area contributed by atoms with Crippen molar-refractivity contribution in [1.82, 2.24) is 9.97 Å². The van der Waals surface area contributed by atoms with Gasteiger partial charge in [0, 0.05) is 24.7 Å². The molecular weight excluding hydrogens is 222 g/mol. The van der Waals surface area contributed by atoms with Crippen LogP contribution in [0.1, 0.15) is 63.4 Å². The molecule has 2 rings (SSSR count). The molecular formula is C15H25N3. The number of anilines is 1. The Hall–Kier alpha value is -1.12. The van der Waals surface area contributed by atoms with Crippen LogP contribution in [0.4, 0.5) is 5.82 Å². The second-order valence-corrected chi connectivity index (χ2v) is 5.79. The van der Waals surface area contributed by atoms with E-state index < -0.39 is 0 Å². The molecule has 1 saturated carbocycles. The minimum absolute atomic E-state index is 0.581. The number of nitrogens with one attached hydrogen (secondary N) is 1. The van der Waals surface area contributed by atoms with Gasteiger partial charge in [0.1, 0.15) is 11.6 Å². The van der Waals surface area contributed by atoms with Crippen LogP contribution >= 0.6 is 0 Å². The molecule has 1 fully saturated rings. The summed E-state index contributed by atoms with van der Waals surface area (Å²) in [6.45, 7) is 4.48. The van der Waals surface area contributed by atoms with Crippen molar-refractivity contribution in [2.45, 2.75) is 58.3 Å². The van der Waals surface area contributed by atoms with E-state index >= 15 is 0 Å². The van der Waals surface area contributed by atoms with Crippen molar-refractivity contribution in [3.63, 3.8) is 0 Å². The van der Waals surface area contributed by atoms with Crippen LogP contribution in [0.25, 0.3) is 0 Å². The molecule has 0 amide bonds. The maximum atomic E-state index is 4.79. The highest BCUT2D eigenvalue weighted by Crippen LogP contribution is 2.31. The van der Waals surface area contributed by atoms with Gasteiger partial charge < -0.3 is 5.32 Å². The summed E-state index contributed by atoms with van der Waals surface area (Å²) < 4.78 is 0. The van der Waals surface area contributed by atoms with E-state index in [1.807, 2.05) is 7.05 Å². The monoisotopic (exact) mass is 247 g/mol. The summed E-state index contributed by atoms with van der Waals surface area (Å²) in [5, 5.41) is 3.17. The Morgan fingerprint density at radius 3 is 2.56 bits per heavy atom. The first-order valence-corrected chi connectivity index (χ1v) is 7.24. The summed E-state index contributed by atoms with van der Waals surface area (Å²) in [7, 11) is 1.94. The number of aromatic nitrogens is 2. The maximum Gasteiger partial charge on any atom is 0.134 e.